The summed E-state index contributed by atoms with van der Waals surface area (Å²) < 4.78 is 5.89. The predicted octanol–water partition coefficient (Wildman–Crippen LogP) is 0.882. The predicted molar refractivity (Wildman–Crippen MR) is 61.5 cm³/mol. The second-order valence-electron chi connectivity index (χ2n) is 3.43. The van der Waals surface area contributed by atoms with Crippen LogP contribution < -0.4 is 4.74 Å². The summed E-state index contributed by atoms with van der Waals surface area (Å²) in [6.45, 7) is 0. The Kier molecular flexibility index (Phi) is 3.10. The minimum absolute atomic E-state index is 0.0982. The van der Waals surface area contributed by atoms with Crippen LogP contribution in [0.1, 0.15) is 10.4 Å². The molecule has 0 aliphatic heterocycles. The highest BCUT2D eigenvalue weighted by Gasteiger charge is 2.20. The summed E-state index contributed by atoms with van der Waals surface area (Å²) in [5.41, 5.74) is -0.403. The molecule has 19 heavy (non-hydrogen) atoms. The second kappa shape index (κ2) is 4.72. The lowest BCUT2D eigenvalue weighted by atomic mass is 10.3. The number of carbonyl (C=O) groups is 1. The first kappa shape index (κ1) is 12.5. The van der Waals surface area contributed by atoms with Crippen molar-refractivity contribution < 1.29 is 19.6 Å². The number of nitrogens with zero attached hydrogens (tertiary/aromatic N) is 4. The van der Waals surface area contributed by atoms with Crippen molar-refractivity contribution in [2.24, 2.45) is 0 Å². The number of carboxylic acid groups (broad SMARTS) is 1. The third-order valence-electron chi connectivity index (χ3n) is 2.28. The molecule has 2 aromatic rings. The molecule has 2 rings (SSSR count). The Morgan fingerprint density at radius 1 is 1.53 bits per heavy atom. The van der Waals surface area contributed by atoms with Crippen LogP contribution in [0, 0.1) is 10.1 Å². The number of aromatic carboxylic acids is 1. The lowest BCUT2D eigenvalue weighted by molar-refractivity contribution is -0.385. The van der Waals surface area contributed by atoms with Gasteiger partial charge in [-0.05, 0) is 0 Å². The van der Waals surface area contributed by atoms with Crippen molar-refractivity contribution in [3.63, 3.8) is 0 Å². The Bertz CT molecular complexity index is 651. The first-order chi connectivity index (χ1) is 9.02. The van der Waals surface area contributed by atoms with Gasteiger partial charge in [0.2, 0.25) is 11.7 Å². The molecule has 2 aromatic heterocycles. The Morgan fingerprint density at radius 2 is 2.26 bits per heavy atom. The van der Waals surface area contributed by atoms with E-state index in [1.165, 1.54) is 19.2 Å². The van der Waals surface area contributed by atoms with Gasteiger partial charge in [0.1, 0.15) is 0 Å². The van der Waals surface area contributed by atoms with Gasteiger partial charge >= 0.3 is 11.7 Å². The number of hydrogen-bond donors (Lipinski definition) is 1. The summed E-state index contributed by atoms with van der Waals surface area (Å²) in [6.07, 6.45) is 2.21. The molecule has 0 spiro atoms. The third-order valence-corrected chi connectivity index (χ3v) is 2.28. The summed E-state index contributed by atoms with van der Waals surface area (Å²) in [7, 11) is 1.36. The van der Waals surface area contributed by atoms with Gasteiger partial charge in [0.25, 0.3) is 0 Å². The lowest BCUT2D eigenvalue weighted by Gasteiger charge is -2.04. The second-order valence-corrected chi connectivity index (χ2v) is 3.43. The molecule has 2 heterocycles. The molecule has 0 bridgehead atoms. The summed E-state index contributed by atoms with van der Waals surface area (Å²) in [5, 5.41) is 23.4. The van der Waals surface area contributed by atoms with E-state index in [0.29, 0.717) is 0 Å². The van der Waals surface area contributed by atoms with Crippen LogP contribution in [-0.2, 0) is 0 Å². The minimum Gasteiger partial charge on any atom is -0.481 e. The zero-order valence-corrected chi connectivity index (χ0v) is 9.68. The van der Waals surface area contributed by atoms with Gasteiger partial charge in [0.05, 0.1) is 23.8 Å². The topological polar surface area (TPSA) is 120 Å². The van der Waals surface area contributed by atoms with Crippen LogP contribution in [0.2, 0.25) is 0 Å². The zero-order chi connectivity index (χ0) is 14.0. The molecule has 0 radical (unpaired) electrons. The van der Waals surface area contributed by atoms with Crippen LogP contribution in [-0.4, -0.2) is 37.9 Å². The molecule has 1 N–H and O–H groups in total. The van der Waals surface area contributed by atoms with Crippen molar-refractivity contribution in [2.75, 3.05) is 7.11 Å². The number of ether oxygens (including phenoxy) is 1. The fourth-order valence-corrected chi connectivity index (χ4v) is 1.40. The largest absolute Gasteiger partial charge is 0.481 e. The number of rotatable bonds is 4. The maximum atomic E-state index is 10.9. The van der Waals surface area contributed by atoms with Crippen LogP contribution in [0.25, 0.3) is 5.82 Å². The number of methoxy groups -OCH3 is 1. The smallest absolute Gasteiger partial charge is 0.338 e. The molecule has 0 amide bonds. The first-order valence-corrected chi connectivity index (χ1v) is 5.00. The average molecular weight is 264 g/mol. The summed E-state index contributed by atoms with van der Waals surface area (Å²) in [6, 6.07) is 2.55. The van der Waals surface area contributed by atoms with Gasteiger partial charge in [-0.3, -0.25) is 10.1 Å². The molecule has 9 nitrogen and oxygen atoms in total. The summed E-state index contributed by atoms with van der Waals surface area (Å²) >= 11 is 0. The highest BCUT2D eigenvalue weighted by molar-refractivity contribution is 5.87. The van der Waals surface area contributed by atoms with E-state index in [4.69, 9.17) is 9.84 Å². The van der Waals surface area contributed by atoms with Crippen LogP contribution in [0.4, 0.5) is 5.69 Å². The van der Waals surface area contributed by atoms with Gasteiger partial charge in [0.15, 0.2) is 0 Å². The number of hydrogen-bond acceptors (Lipinski definition) is 6. The van der Waals surface area contributed by atoms with E-state index in [2.05, 4.69) is 10.1 Å². The van der Waals surface area contributed by atoms with E-state index < -0.39 is 10.9 Å². The standard InChI is InChI=1S/C10H8N4O5/c1-19-8-3-2-7(14(17)18)9(12-8)13-5-6(4-11-13)10(15)16/h2-5H,1H3,(H,15,16). The van der Waals surface area contributed by atoms with Crippen molar-refractivity contribution >= 4 is 11.7 Å². The van der Waals surface area contributed by atoms with Gasteiger partial charge < -0.3 is 9.84 Å². The quantitative estimate of drug-likeness (QED) is 0.642. The highest BCUT2D eigenvalue weighted by atomic mass is 16.6. The van der Waals surface area contributed by atoms with Crippen LogP contribution >= 0.6 is 0 Å². The van der Waals surface area contributed by atoms with E-state index in [9.17, 15) is 14.9 Å². The van der Waals surface area contributed by atoms with Crippen molar-refractivity contribution in [3.8, 4) is 11.7 Å². The van der Waals surface area contributed by atoms with Crippen molar-refractivity contribution in [1.82, 2.24) is 14.8 Å². The maximum Gasteiger partial charge on any atom is 0.338 e. The molecule has 9 heteroatoms. The van der Waals surface area contributed by atoms with Gasteiger partial charge in [-0.15, -0.1) is 0 Å². The molecule has 0 fully saturated rings. The molecule has 0 saturated carbocycles. The number of carboxylic acids is 1. The normalized spacial score (nSPS) is 10.2. The fourth-order valence-electron chi connectivity index (χ4n) is 1.40. The molecule has 0 aliphatic rings. The molecular weight excluding hydrogens is 256 g/mol. The number of pyridine rings is 1. The minimum atomic E-state index is -1.18. The SMILES string of the molecule is COc1ccc([N+](=O)[O-])c(-n2cc(C(=O)O)cn2)n1. The van der Waals surface area contributed by atoms with E-state index >= 15 is 0 Å². The van der Waals surface area contributed by atoms with Crippen LogP contribution in [0.5, 0.6) is 5.88 Å². The Morgan fingerprint density at radius 3 is 2.79 bits per heavy atom. The average Bonchev–Trinajstić information content (AvgIpc) is 2.87. The van der Waals surface area contributed by atoms with Crippen molar-refractivity contribution in [1.29, 1.82) is 0 Å². The van der Waals surface area contributed by atoms with Gasteiger partial charge in [-0.25, -0.2) is 9.48 Å². The molecule has 98 valence electrons. The Hall–Kier alpha value is -2.97. The van der Waals surface area contributed by atoms with Gasteiger partial charge in [-0.1, -0.05) is 0 Å². The van der Waals surface area contributed by atoms with Crippen molar-refractivity contribution in [3.05, 3.63) is 40.2 Å². The van der Waals surface area contributed by atoms with Gasteiger partial charge in [0, 0.05) is 18.3 Å². The molecule has 0 atom stereocenters. The number of aromatic nitrogens is 3. The highest BCUT2D eigenvalue weighted by Crippen LogP contribution is 2.23. The molecule has 0 unspecified atom stereocenters. The molecular formula is C10H8N4O5. The van der Waals surface area contributed by atoms with E-state index in [1.807, 2.05) is 0 Å². The van der Waals surface area contributed by atoms with Crippen LogP contribution in [0.15, 0.2) is 24.5 Å². The fraction of sp³-hybridized carbons (Fsp3) is 0.100. The van der Waals surface area contributed by atoms with Crippen LogP contribution in [0.3, 0.4) is 0 Å². The maximum absolute atomic E-state index is 10.9. The van der Waals surface area contributed by atoms with Crippen molar-refractivity contribution in [2.45, 2.75) is 0 Å². The van der Waals surface area contributed by atoms with E-state index in [-0.39, 0.29) is 22.9 Å². The first-order valence-electron chi connectivity index (χ1n) is 5.00. The Balaban J connectivity index is 2.57. The molecule has 0 aliphatic carbocycles. The van der Waals surface area contributed by atoms with E-state index in [1.54, 1.807) is 0 Å². The third kappa shape index (κ3) is 2.34. The summed E-state index contributed by atoms with van der Waals surface area (Å²) in [5.74, 6) is -1.14. The monoisotopic (exact) mass is 264 g/mol. The van der Waals surface area contributed by atoms with E-state index in [0.717, 1.165) is 17.1 Å². The van der Waals surface area contributed by atoms with Gasteiger partial charge in [-0.2, -0.15) is 10.1 Å². The summed E-state index contributed by atoms with van der Waals surface area (Å²) in [4.78, 5) is 24.9. The lowest BCUT2D eigenvalue weighted by Crippen LogP contribution is -2.04. The zero-order valence-electron chi connectivity index (χ0n) is 9.68. The Labute approximate surface area is 106 Å². The number of nitro groups is 1. The molecule has 0 saturated heterocycles. The molecule has 0 aromatic carbocycles.